The Bertz CT molecular complexity index is 592. The van der Waals surface area contributed by atoms with E-state index in [1.54, 1.807) is 25.1 Å². The third kappa shape index (κ3) is 3.34. The molecule has 0 saturated carbocycles. The fraction of sp³-hybridized carbons (Fsp3) is 0.267. The molecule has 5 heteroatoms. The van der Waals surface area contributed by atoms with Crippen molar-refractivity contribution >= 4 is 27.7 Å². The van der Waals surface area contributed by atoms with Gasteiger partial charge in [0.25, 0.3) is 0 Å². The van der Waals surface area contributed by atoms with Crippen molar-refractivity contribution in [3.05, 3.63) is 46.6 Å². The number of hydrogen-bond donors (Lipinski definition) is 1. The van der Waals surface area contributed by atoms with Gasteiger partial charge in [0, 0.05) is 22.7 Å². The maximum absolute atomic E-state index is 5.49. The van der Waals surface area contributed by atoms with Crippen LogP contribution in [0.5, 0.6) is 5.75 Å². The second kappa shape index (κ2) is 7.11. The minimum atomic E-state index is 0.205. The summed E-state index contributed by atoms with van der Waals surface area (Å²) in [5.74, 6) is 0.893. The Labute approximate surface area is 132 Å². The largest absolute Gasteiger partial charge is 0.496 e. The van der Waals surface area contributed by atoms with E-state index in [1.807, 2.05) is 31.3 Å². The second-order valence-electron chi connectivity index (χ2n) is 4.27. The van der Waals surface area contributed by atoms with E-state index in [1.165, 1.54) is 0 Å². The Hall–Kier alpha value is -1.04. The van der Waals surface area contributed by atoms with Gasteiger partial charge in [-0.05, 0) is 54.2 Å². The fourth-order valence-electron chi connectivity index (χ4n) is 1.91. The van der Waals surface area contributed by atoms with E-state index in [-0.39, 0.29) is 6.04 Å². The van der Waals surface area contributed by atoms with Crippen LogP contribution in [-0.4, -0.2) is 19.1 Å². The summed E-state index contributed by atoms with van der Waals surface area (Å²) >= 11 is 5.17. The van der Waals surface area contributed by atoms with Gasteiger partial charge in [0.2, 0.25) is 0 Å². The van der Waals surface area contributed by atoms with Gasteiger partial charge in [-0.2, -0.15) is 0 Å². The number of ether oxygens (including phenoxy) is 1. The molecule has 0 saturated heterocycles. The summed E-state index contributed by atoms with van der Waals surface area (Å²) in [4.78, 5) is 5.55. The molecule has 0 bridgehead atoms. The summed E-state index contributed by atoms with van der Waals surface area (Å²) < 4.78 is 6.49. The van der Waals surface area contributed by atoms with Crippen molar-refractivity contribution in [2.75, 3.05) is 14.2 Å². The van der Waals surface area contributed by atoms with Crippen molar-refractivity contribution in [1.29, 1.82) is 0 Å². The molecule has 0 aliphatic heterocycles. The molecule has 20 heavy (non-hydrogen) atoms. The lowest BCUT2D eigenvalue weighted by Gasteiger charge is -2.19. The molecule has 1 heterocycles. The average Bonchev–Trinajstić information content (AvgIpc) is 2.48. The number of nitrogens with one attached hydrogen (secondary N) is 1. The minimum absolute atomic E-state index is 0.205. The number of halogens is 1. The second-order valence-corrected chi connectivity index (χ2v) is 6.16. The first-order valence-electron chi connectivity index (χ1n) is 6.30. The smallest absolute Gasteiger partial charge is 0.124 e. The van der Waals surface area contributed by atoms with Gasteiger partial charge in [0.05, 0.1) is 11.6 Å². The molecular weight excluding hydrogens is 336 g/mol. The Kier molecular flexibility index (Phi) is 5.46. The first-order valence-corrected chi connectivity index (χ1v) is 7.90. The third-order valence-corrected chi connectivity index (χ3v) is 5.04. The summed E-state index contributed by atoms with van der Waals surface area (Å²) in [6.45, 7) is 2.12. The molecule has 106 valence electrons. The van der Waals surface area contributed by atoms with Gasteiger partial charge >= 0.3 is 0 Å². The van der Waals surface area contributed by atoms with Crippen molar-refractivity contribution < 1.29 is 4.74 Å². The first-order chi connectivity index (χ1) is 9.67. The van der Waals surface area contributed by atoms with E-state index < -0.39 is 0 Å². The lowest BCUT2D eigenvalue weighted by molar-refractivity contribution is 0.401. The van der Waals surface area contributed by atoms with Gasteiger partial charge in [-0.15, -0.1) is 0 Å². The quantitative estimate of drug-likeness (QED) is 0.870. The number of methoxy groups -OCH3 is 1. The molecule has 0 radical (unpaired) electrons. The molecule has 0 aliphatic carbocycles. The number of aromatic nitrogens is 1. The number of hydrogen-bond acceptors (Lipinski definition) is 4. The van der Waals surface area contributed by atoms with Gasteiger partial charge in [-0.3, -0.25) is 0 Å². The number of rotatable bonds is 5. The van der Waals surface area contributed by atoms with E-state index in [2.05, 4.69) is 39.2 Å². The monoisotopic (exact) mass is 352 g/mol. The van der Waals surface area contributed by atoms with Crippen molar-refractivity contribution in [1.82, 2.24) is 10.3 Å². The van der Waals surface area contributed by atoms with Crippen LogP contribution in [0.4, 0.5) is 0 Å². The number of benzene rings is 1. The predicted octanol–water partition coefficient (Wildman–Crippen LogP) is 4.28. The zero-order chi connectivity index (χ0) is 14.5. The van der Waals surface area contributed by atoms with Crippen LogP contribution in [0.2, 0.25) is 0 Å². The van der Waals surface area contributed by atoms with Crippen LogP contribution in [0, 0.1) is 0 Å². The first kappa shape index (κ1) is 15.4. The van der Waals surface area contributed by atoms with Gasteiger partial charge in [0.15, 0.2) is 0 Å². The summed E-state index contributed by atoms with van der Waals surface area (Å²) in [5, 5.41) is 4.22. The van der Waals surface area contributed by atoms with Crippen LogP contribution >= 0.6 is 27.7 Å². The third-order valence-electron chi connectivity index (χ3n) is 3.04. The van der Waals surface area contributed by atoms with E-state index >= 15 is 0 Å². The highest BCUT2D eigenvalue weighted by Crippen LogP contribution is 2.39. The van der Waals surface area contributed by atoms with Crippen LogP contribution in [0.1, 0.15) is 18.5 Å². The highest BCUT2D eigenvalue weighted by Gasteiger charge is 2.16. The fourth-order valence-corrected chi connectivity index (χ4v) is 3.43. The average molecular weight is 353 g/mol. The molecule has 0 aliphatic rings. The van der Waals surface area contributed by atoms with Crippen LogP contribution in [0.25, 0.3) is 0 Å². The zero-order valence-corrected chi connectivity index (χ0v) is 14.1. The summed E-state index contributed by atoms with van der Waals surface area (Å²) in [7, 11) is 3.65. The lowest BCUT2D eigenvalue weighted by Crippen LogP contribution is -2.14. The van der Waals surface area contributed by atoms with Crippen molar-refractivity contribution in [2.45, 2.75) is 22.9 Å². The lowest BCUT2D eigenvalue weighted by atomic mass is 10.1. The molecule has 0 fully saturated rings. The summed E-state index contributed by atoms with van der Waals surface area (Å²) in [6, 6.07) is 10.2. The normalized spacial score (nSPS) is 12.2. The highest BCUT2D eigenvalue weighted by molar-refractivity contribution is 9.10. The zero-order valence-electron chi connectivity index (χ0n) is 11.7. The van der Waals surface area contributed by atoms with Crippen molar-refractivity contribution in [2.24, 2.45) is 0 Å². The molecule has 0 spiro atoms. The summed E-state index contributed by atoms with van der Waals surface area (Å²) in [5.41, 5.74) is 1.15. The van der Waals surface area contributed by atoms with Crippen LogP contribution in [0.15, 0.2) is 50.9 Å². The molecule has 1 aromatic heterocycles. The summed E-state index contributed by atoms with van der Waals surface area (Å²) in [6.07, 6.45) is 1.80. The van der Waals surface area contributed by atoms with Crippen molar-refractivity contribution in [3.8, 4) is 5.75 Å². The highest BCUT2D eigenvalue weighted by atomic mass is 79.9. The Balaban J connectivity index is 2.43. The van der Waals surface area contributed by atoms with Crippen molar-refractivity contribution in [3.63, 3.8) is 0 Å². The number of nitrogens with zero attached hydrogens (tertiary/aromatic N) is 1. The van der Waals surface area contributed by atoms with Gasteiger partial charge in [0.1, 0.15) is 10.8 Å². The molecule has 1 atom stereocenters. The van der Waals surface area contributed by atoms with Gasteiger partial charge in [-0.25, -0.2) is 4.98 Å². The van der Waals surface area contributed by atoms with Crippen LogP contribution in [0.3, 0.4) is 0 Å². The van der Waals surface area contributed by atoms with Crippen LogP contribution < -0.4 is 10.1 Å². The molecule has 2 rings (SSSR count). The topological polar surface area (TPSA) is 34.1 Å². The molecule has 1 unspecified atom stereocenters. The van der Waals surface area contributed by atoms with E-state index in [4.69, 9.17) is 4.74 Å². The molecule has 3 nitrogen and oxygen atoms in total. The number of pyridine rings is 1. The minimum Gasteiger partial charge on any atom is -0.496 e. The molecule has 1 aromatic carbocycles. The Morgan fingerprint density at radius 1 is 1.30 bits per heavy atom. The maximum atomic E-state index is 5.49. The Morgan fingerprint density at radius 2 is 2.10 bits per heavy atom. The van der Waals surface area contributed by atoms with Gasteiger partial charge in [-0.1, -0.05) is 17.8 Å². The molecule has 1 N–H and O–H groups in total. The van der Waals surface area contributed by atoms with E-state index in [0.29, 0.717) is 0 Å². The van der Waals surface area contributed by atoms with E-state index in [9.17, 15) is 0 Å². The predicted molar refractivity (Wildman–Crippen MR) is 86.5 cm³/mol. The van der Waals surface area contributed by atoms with E-state index in [0.717, 1.165) is 25.7 Å². The van der Waals surface area contributed by atoms with Crippen LogP contribution in [-0.2, 0) is 0 Å². The standard InChI is InChI=1S/C15H17BrN2OS/c1-10(17-2)14-12(19-3)7-4-8-13(14)20-15-11(16)6-5-9-18-15/h4-10,17H,1-3H3. The Morgan fingerprint density at radius 3 is 2.75 bits per heavy atom. The molecular formula is C15H17BrN2OS. The van der Waals surface area contributed by atoms with Gasteiger partial charge < -0.3 is 10.1 Å². The molecule has 2 aromatic rings. The maximum Gasteiger partial charge on any atom is 0.124 e. The SMILES string of the molecule is CNC(C)c1c(OC)cccc1Sc1ncccc1Br. The molecule has 0 amide bonds.